The van der Waals surface area contributed by atoms with Gasteiger partial charge in [-0.1, -0.05) is 49.2 Å². The van der Waals surface area contributed by atoms with E-state index in [2.05, 4.69) is 0 Å². The van der Waals surface area contributed by atoms with Crippen LogP contribution in [0.15, 0.2) is 42.1 Å². The number of carbonyl (C=O) groups excluding carboxylic acids is 2. The third-order valence-electron chi connectivity index (χ3n) is 4.80. The number of Topliss-reactive ketones (excluding diaryl/α,β-unsaturated/α-hetero) is 1. The first-order valence-corrected chi connectivity index (χ1v) is 9.83. The molecule has 5 nitrogen and oxygen atoms in total. The Morgan fingerprint density at radius 3 is 2.52 bits per heavy atom. The van der Waals surface area contributed by atoms with Crippen LogP contribution in [0.3, 0.4) is 0 Å². The molecule has 1 heterocycles. The highest BCUT2D eigenvalue weighted by Crippen LogP contribution is 2.23. The number of carbonyl (C=O) groups is 3. The predicted molar refractivity (Wildman–Crippen MR) is 104 cm³/mol. The van der Waals surface area contributed by atoms with Crippen LogP contribution in [0.25, 0.3) is 0 Å². The maximum Gasteiger partial charge on any atom is 0.303 e. The van der Waals surface area contributed by atoms with Crippen LogP contribution in [0.2, 0.25) is 0 Å². The maximum absolute atomic E-state index is 12.3. The number of rotatable bonds is 11. The fourth-order valence-electron chi connectivity index (χ4n) is 3.36. The summed E-state index contributed by atoms with van der Waals surface area (Å²) >= 11 is 0. The summed E-state index contributed by atoms with van der Waals surface area (Å²) in [5.41, 5.74) is 1.98. The molecule has 0 radical (unpaired) electrons. The summed E-state index contributed by atoms with van der Waals surface area (Å²) in [5.74, 6) is -0.472. The molecule has 146 valence electrons. The molecule has 27 heavy (non-hydrogen) atoms. The number of amides is 1. The molecule has 1 aromatic rings. The van der Waals surface area contributed by atoms with Gasteiger partial charge in [0.1, 0.15) is 5.78 Å². The van der Waals surface area contributed by atoms with Gasteiger partial charge in [0.2, 0.25) is 5.91 Å². The second-order valence-electron chi connectivity index (χ2n) is 7.06. The molecule has 0 aromatic heterocycles. The molecule has 2 rings (SSSR count). The number of likely N-dealkylation sites (tertiary alicyclic amines) is 1. The van der Waals surface area contributed by atoms with Crippen molar-refractivity contribution in [1.82, 2.24) is 4.90 Å². The summed E-state index contributed by atoms with van der Waals surface area (Å²) in [6.45, 7) is 0.657. The highest BCUT2D eigenvalue weighted by molar-refractivity contribution is 5.83. The number of unbranched alkanes of at least 4 members (excludes halogenated alkanes) is 3. The van der Waals surface area contributed by atoms with Crippen molar-refractivity contribution >= 4 is 17.7 Å². The molecule has 1 aromatic carbocycles. The van der Waals surface area contributed by atoms with Gasteiger partial charge in [0.15, 0.2) is 0 Å². The van der Waals surface area contributed by atoms with E-state index in [0.29, 0.717) is 32.2 Å². The average Bonchev–Trinajstić information content (AvgIpc) is 2.65. The molecule has 0 aliphatic carbocycles. The SMILES string of the molecule is O=C(O)CCCCCCN1C(=O)CCCC1=CCC(=O)Cc1ccccc1. The van der Waals surface area contributed by atoms with Crippen LogP contribution >= 0.6 is 0 Å². The number of ketones is 1. The van der Waals surface area contributed by atoms with E-state index >= 15 is 0 Å². The molecule has 1 fully saturated rings. The Labute approximate surface area is 161 Å². The highest BCUT2D eigenvalue weighted by Gasteiger charge is 2.22. The first kappa shape index (κ1) is 20.9. The van der Waals surface area contributed by atoms with Crippen molar-refractivity contribution in [1.29, 1.82) is 0 Å². The van der Waals surface area contributed by atoms with Crippen molar-refractivity contribution in [2.75, 3.05) is 6.54 Å². The maximum atomic E-state index is 12.3. The number of hydrogen-bond acceptors (Lipinski definition) is 3. The number of benzene rings is 1. The van der Waals surface area contributed by atoms with Crippen LogP contribution in [0.4, 0.5) is 0 Å². The molecular weight excluding hydrogens is 342 g/mol. The molecule has 1 N–H and O–H groups in total. The Morgan fingerprint density at radius 1 is 1.04 bits per heavy atom. The zero-order chi connectivity index (χ0) is 19.5. The number of hydrogen-bond donors (Lipinski definition) is 1. The first-order chi connectivity index (χ1) is 13.1. The molecule has 1 saturated heterocycles. The van der Waals surface area contributed by atoms with Crippen molar-refractivity contribution in [3.05, 3.63) is 47.7 Å². The van der Waals surface area contributed by atoms with Crippen molar-refractivity contribution in [2.45, 2.75) is 64.2 Å². The molecule has 1 aliphatic heterocycles. The lowest BCUT2D eigenvalue weighted by atomic mass is 10.0. The van der Waals surface area contributed by atoms with Gasteiger partial charge in [-0.15, -0.1) is 0 Å². The van der Waals surface area contributed by atoms with E-state index in [0.717, 1.165) is 43.4 Å². The standard InChI is InChI=1S/C22H29NO4/c24-20(17-18-9-4-3-5-10-18)15-14-19-11-8-12-21(25)23(19)16-7-2-1-6-13-22(26)27/h3-5,9-10,14H,1-2,6-8,11-13,15-17H2,(H,26,27). The van der Waals surface area contributed by atoms with Crippen LogP contribution < -0.4 is 0 Å². The number of aliphatic carboxylic acids is 1. The minimum absolute atomic E-state index is 0.133. The van der Waals surface area contributed by atoms with Crippen LogP contribution in [0, 0.1) is 0 Å². The lowest BCUT2D eigenvalue weighted by Gasteiger charge is -2.30. The van der Waals surface area contributed by atoms with Gasteiger partial charge in [0.05, 0.1) is 0 Å². The summed E-state index contributed by atoms with van der Waals surface area (Å²) in [6.07, 6.45) is 8.46. The summed E-state index contributed by atoms with van der Waals surface area (Å²) in [7, 11) is 0. The summed E-state index contributed by atoms with van der Waals surface area (Å²) < 4.78 is 0. The van der Waals surface area contributed by atoms with Gasteiger partial charge in [-0.25, -0.2) is 0 Å². The van der Waals surface area contributed by atoms with Crippen molar-refractivity contribution in [3.8, 4) is 0 Å². The van der Waals surface area contributed by atoms with Crippen molar-refractivity contribution in [3.63, 3.8) is 0 Å². The van der Waals surface area contributed by atoms with Crippen LogP contribution in [0.1, 0.15) is 63.4 Å². The summed E-state index contributed by atoms with van der Waals surface area (Å²) in [4.78, 5) is 36.9. The number of piperidine rings is 1. The lowest BCUT2D eigenvalue weighted by molar-refractivity contribution is -0.137. The van der Waals surface area contributed by atoms with E-state index in [1.807, 2.05) is 41.3 Å². The minimum atomic E-state index is -0.758. The fourth-order valence-corrected chi connectivity index (χ4v) is 3.36. The smallest absolute Gasteiger partial charge is 0.303 e. The normalized spacial score (nSPS) is 15.9. The zero-order valence-electron chi connectivity index (χ0n) is 15.9. The second kappa shape index (κ2) is 11.3. The lowest BCUT2D eigenvalue weighted by Crippen LogP contribution is -2.34. The monoisotopic (exact) mass is 371 g/mol. The average molecular weight is 371 g/mol. The van der Waals surface area contributed by atoms with E-state index in [9.17, 15) is 14.4 Å². The number of allylic oxidation sites excluding steroid dienone is 2. The van der Waals surface area contributed by atoms with E-state index in [-0.39, 0.29) is 18.1 Å². The van der Waals surface area contributed by atoms with Crippen LogP contribution in [-0.2, 0) is 20.8 Å². The van der Waals surface area contributed by atoms with E-state index in [1.54, 1.807) is 0 Å². The molecule has 0 saturated carbocycles. The molecule has 0 unspecified atom stereocenters. The van der Waals surface area contributed by atoms with Gasteiger partial charge in [0.25, 0.3) is 0 Å². The predicted octanol–water partition coefficient (Wildman–Crippen LogP) is 4.12. The number of carboxylic acid groups (broad SMARTS) is 1. The highest BCUT2D eigenvalue weighted by atomic mass is 16.4. The number of nitrogens with zero attached hydrogens (tertiary/aromatic N) is 1. The van der Waals surface area contributed by atoms with Crippen molar-refractivity contribution < 1.29 is 19.5 Å². The Bertz CT molecular complexity index is 666. The number of carboxylic acids is 1. The molecule has 1 amide bonds. The summed E-state index contributed by atoms with van der Waals surface area (Å²) in [5, 5.41) is 8.65. The van der Waals surface area contributed by atoms with Gasteiger partial charge < -0.3 is 10.0 Å². The molecular formula is C22H29NO4. The Kier molecular flexibility index (Phi) is 8.75. The van der Waals surface area contributed by atoms with Gasteiger partial charge in [-0.05, 0) is 31.2 Å². The van der Waals surface area contributed by atoms with Crippen molar-refractivity contribution in [2.24, 2.45) is 0 Å². The second-order valence-corrected chi connectivity index (χ2v) is 7.06. The molecule has 1 aliphatic rings. The topological polar surface area (TPSA) is 74.7 Å². The zero-order valence-corrected chi connectivity index (χ0v) is 15.9. The fraction of sp³-hybridized carbons (Fsp3) is 0.500. The molecule has 0 bridgehead atoms. The van der Waals surface area contributed by atoms with E-state index in [1.165, 1.54) is 0 Å². The third kappa shape index (κ3) is 7.77. The first-order valence-electron chi connectivity index (χ1n) is 9.83. The molecule has 0 spiro atoms. The van der Waals surface area contributed by atoms with E-state index < -0.39 is 5.97 Å². The quantitative estimate of drug-likeness (QED) is 0.594. The molecule has 0 atom stereocenters. The van der Waals surface area contributed by atoms with Crippen LogP contribution in [-0.4, -0.2) is 34.2 Å². The van der Waals surface area contributed by atoms with Gasteiger partial charge in [0, 0.05) is 37.9 Å². The minimum Gasteiger partial charge on any atom is -0.481 e. The summed E-state index contributed by atoms with van der Waals surface area (Å²) in [6, 6.07) is 9.69. The van der Waals surface area contributed by atoms with Gasteiger partial charge in [-0.3, -0.25) is 14.4 Å². The third-order valence-corrected chi connectivity index (χ3v) is 4.80. The Balaban J connectivity index is 1.81. The molecule has 5 heteroatoms. The van der Waals surface area contributed by atoms with Crippen LogP contribution in [0.5, 0.6) is 0 Å². The van der Waals surface area contributed by atoms with E-state index in [4.69, 9.17) is 5.11 Å². The van der Waals surface area contributed by atoms with Gasteiger partial charge >= 0.3 is 5.97 Å². The Hall–Kier alpha value is -2.43. The van der Waals surface area contributed by atoms with Gasteiger partial charge in [-0.2, -0.15) is 0 Å². The largest absolute Gasteiger partial charge is 0.481 e. The Morgan fingerprint density at radius 2 is 1.78 bits per heavy atom.